The molecule has 0 bridgehead atoms. The van der Waals surface area contributed by atoms with Crippen molar-refractivity contribution in [1.29, 1.82) is 5.26 Å². The summed E-state index contributed by atoms with van der Waals surface area (Å²) in [6.07, 6.45) is 0. The van der Waals surface area contributed by atoms with Crippen LogP contribution in [0.5, 0.6) is 0 Å². The van der Waals surface area contributed by atoms with Crippen LogP contribution in [0.25, 0.3) is 0 Å². The number of nitriles is 1. The van der Waals surface area contributed by atoms with Crippen LogP contribution >= 0.6 is 0 Å². The zero-order valence-corrected chi connectivity index (χ0v) is 11.0. The van der Waals surface area contributed by atoms with Gasteiger partial charge in [-0.1, -0.05) is 20.8 Å². The van der Waals surface area contributed by atoms with Crippen molar-refractivity contribution in [3.05, 3.63) is 29.8 Å². The van der Waals surface area contributed by atoms with Crippen molar-refractivity contribution in [2.75, 3.05) is 10.5 Å². The van der Waals surface area contributed by atoms with E-state index in [9.17, 15) is 8.42 Å². The van der Waals surface area contributed by atoms with Crippen molar-refractivity contribution in [3.8, 4) is 6.07 Å². The van der Waals surface area contributed by atoms with Gasteiger partial charge in [0.1, 0.15) is 0 Å². The molecule has 0 aliphatic carbocycles. The summed E-state index contributed by atoms with van der Waals surface area (Å²) < 4.78 is 26.1. The fourth-order valence-electron chi connectivity index (χ4n) is 1.40. The molecule has 1 N–H and O–H groups in total. The lowest BCUT2D eigenvalue weighted by Gasteiger charge is -2.18. The van der Waals surface area contributed by atoms with Gasteiger partial charge in [-0.2, -0.15) is 5.26 Å². The number of nitrogens with one attached hydrogen (secondary N) is 1. The van der Waals surface area contributed by atoms with Crippen LogP contribution in [0.1, 0.15) is 26.3 Å². The molecular weight excluding hydrogens is 236 g/mol. The predicted molar refractivity (Wildman–Crippen MR) is 68.0 cm³/mol. The highest BCUT2D eigenvalue weighted by Gasteiger charge is 2.21. The predicted octanol–water partition coefficient (Wildman–Crippen LogP) is 2.35. The third kappa shape index (κ3) is 4.87. The zero-order valence-electron chi connectivity index (χ0n) is 10.2. The first-order chi connectivity index (χ1) is 7.72. The molecule has 0 aliphatic rings. The number of nitrogens with zero attached hydrogens (tertiary/aromatic N) is 1. The molecule has 0 atom stereocenters. The summed E-state index contributed by atoms with van der Waals surface area (Å²) >= 11 is 0. The largest absolute Gasteiger partial charge is 0.284 e. The van der Waals surface area contributed by atoms with Crippen molar-refractivity contribution in [2.45, 2.75) is 20.8 Å². The van der Waals surface area contributed by atoms with E-state index in [0.29, 0.717) is 11.3 Å². The highest BCUT2D eigenvalue weighted by Crippen LogP contribution is 2.18. The molecule has 0 amide bonds. The topological polar surface area (TPSA) is 70.0 Å². The molecule has 0 radical (unpaired) electrons. The van der Waals surface area contributed by atoms with Crippen molar-refractivity contribution in [1.82, 2.24) is 0 Å². The summed E-state index contributed by atoms with van der Waals surface area (Å²) in [6, 6.07) is 8.30. The molecule has 0 saturated carbocycles. The minimum Gasteiger partial charge on any atom is -0.284 e. The molecule has 0 heterocycles. The van der Waals surface area contributed by atoms with Gasteiger partial charge in [-0.05, 0) is 29.7 Å². The molecule has 0 saturated heterocycles. The number of hydrogen-bond acceptors (Lipinski definition) is 3. The maximum absolute atomic E-state index is 11.8. The van der Waals surface area contributed by atoms with Crippen LogP contribution in [0.2, 0.25) is 0 Å². The average molecular weight is 252 g/mol. The van der Waals surface area contributed by atoms with Gasteiger partial charge >= 0.3 is 0 Å². The van der Waals surface area contributed by atoms with E-state index in [0.717, 1.165) is 0 Å². The van der Waals surface area contributed by atoms with Gasteiger partial charge in [0.25, 0.3) is 0 Å². The number of hydrogen-bond donors (Lipinski definition) is 1. The fraction of sp³-hybridized carbons (Fsp3) is 0.417. The van der Waals surface area contributed by atoms with Crippen molar-refractivity contribution in [3.63, 3.8) is 0 Å². The van der Waals surface area contributed by atoms with Gasteiger partial charge in [0.05, 0.1) is 17.4 Å². The first-order valence-corrected chi connectivity index (χ1v) is 6.88. The highest BCUT2D eigenvalue weighted by molar-refractivity contribution is 7.92. The number of benzene rings is 1. The Morgan fingerprint density at radius 2 is 1.76 bits per heavy atom. The summed E-state index contributed by atoms with van der Waals surface area (Å²) in [5, 5.41) is 8.63. The second-order valence-corrected chi connectivity index (χ2v) is 6.83. The van der Waals surface area contributed by atoms with Gasteiger partial charge in [-0.25, -0.2) is 8.42 Å². The van der Waals surface area contributed by atoms with Crippen LogP contribution < -0.4 is 4.72 Å². The Bertz CT molecular complexity index is 519. The molecule has 5 heteroatoms. The maximum atomic E-state index is 11.8. The summed E-state index contributed by atoms with van der Waals surface area (Å²) in [4.78, 5) is 0. The summed E-state index contributed by atoms with van der Waals surface area (Å²) in [6.45, 7) is 5.60. The minimum atomic E-state index is -3.34. The monoisotopic (exact) mass is 252 g/mol. The van der Waals surface area contributed by atoms with E-state index in [4.69, 9.17) is 5.26 Å². The second kappa shape index (κ2) is 4.76. The molecule has 4 nitrogen and oxygen atoms in total. The second-order valence-electron chi connectivity index (χ2n) is 5.11. The Labute approximate surface area is 102 Å². The molecule has 92 valence electrons. The van der Waals surface area contributed by atoms with Crippen LogP contribution in [-0.4, -0.2) is 14.2 Å². The first kappa shape index (κ1) is 13.5. The van der Waals surface area contributed by atoms with E-state index >= 15 is 0 Å². The molecular formula is C12H16N2O2S. The lowest BCUT2D eigenvalue weighted by Crippen LogP contribution is -2.26. The highest BCUT2D eigenvalue weighted by atomic mass is 32.2. The van der Waals surface area contributed by atoms with Gasteiger partial charge in [0.2, 0.25) is 10.0 Å². The van der Waals surface area contributed by atoms with Gasteiger partial charge in [0.15, 0.2) is 0 Å². The SMILES string of the molecule is CC(C)(C)CS(=O)(=O)Nc1ccc(C#N)cc1. The number of rotatable bonds is 3. The molecule has 1 aromatic rings. The van der Waals surface area contributed by atoms with Gasteiger partial charge in [0, 0.05) is 5.69 Å². The van der Waals surface area contributed by atoms with Crippen LogP contribution in [-0.2, 0) is 10.0 Å². The Morgan fingerprint density at radius 1 is 1.24 bits per heavy atom. The normalized spacial score (nSPS) is 11.9. The van der Waals surface area contributed by atoms with E-state index in [1.54, 1.807) is 24.3 Å². The standard InChI is InChI=1S/C12H16N2O2S/c1-12(2,3)9-17(15,16)14-11-6-4-10(8-13)5-7-11/h4-7,14H,9H2,1-3H3. The van der Waals surface area contributed by atoms with Crippen molar-refractivity contribution in [2.24, 2.45) is 5.41 Å². The molecule has 0 fully saturated rings. The van der Waals surface area contributed by atoms with E-state index < -0.39 is 10.0 Å². The molecule has 0 spiro atoms. The third-order valence-electron chi connectivity index (χ3n) is 1.91. The smallest absolute Gasteiger partial charge is 0.233 e. The molecule has 1 aromatic carbocycles. The first-order valence-electron chi connectivity index (χ1n) is 5.22. The Kier molecular flexibility index (Phi) is 3.79. The molecule has 0 aromatic heterocycles. The lowest BCUT2D eigenvalue weighted by molar-refractivity contribution is 0.463. The number of anilines is 1. The molecule has 17 heavy (non-hydrogen) atoms. The van der Waals surface area contributed by atoms with Crippen molar-refractivity contribution >= 4 is 15.7 Å². The van der Waals surface area contributed by atoms with Crippen LogP contribution in [0.3, 0.4) is 0 Å². The van der Waals surface area contributed by atoms with Crippen molar-refractivity contribution < 1.29 is 8.42 Å². The lowest BCUT2D eigenvalue weighted by atomic mass is 10.0. The van der Waals surface area contributed by atoms with Crippen LogP contribution in [0.15, 0.2) is 24.3 Å². The third-order valence-corrected chi connectivity index (χ3v) is 3.70. The average Bonchev–Trinajstić information content (AvgIpc) is 2.14. The quantitative estimate of drug-likeness (QED) is 0.897. The van der Waals surface area contributed by atoms with E-state index in [1.165, 1.54) is 0 Å². The summed E-state index contributed by atoms with van der Waals surface area (Å²) in [7, 11) is -3.34. The summed E-state index contributed by atoms with van der Waals surface area (Å²) in [5.74, 6) is 0.0556. The van der Waals surface area contributed by atoms with E-state index in [1.807, 2.05) is 26.8 Å². The number of sulfonamides is 1. The van der Waals surface area contributed by atoms with Gasteiger partial charge < -0.3 is 0 Å². The Hall–Kier alpha value is -1.54. The molecule has 1 rings (SSSR count). The Morgan fingerprint density at radius 3 is 2.18 bits per heavy atom. The van der Waals surface area contributed by atoms with Gasteiger partial charge in [-0.15, -0.1) is 0 Å². The van der Waals surface area contributed by atoms with Gasteiger partial charge in [-0.3, -0.25) is 4.72 Å². The minimum absolute atomic E-state index is 0.0556. The molecule has 0 unspecified atom stereocenters. The van der Waals surface area contributed by atoms with Crippen LogP contribution in [0, 0.1) is 16.7 Å². The van der Waals surface area contributed by atoms with E-state index in [2.05, 4.69) is 4.72 Å². The molecule has 0 aliphatic heterocycles. The Balaban J connectivity index is 2.81. The fourth-order valence-corrected chi connectivity index (χ4v) is 3.11. The summed E-state index contributed by atoms with van der Waals surface area (Å²) in [5.41, 5.74) is 0.690. The zero-order chi connectivity index (χ0) is 13.1. The van der Waals surface area contributed by atoms with Crippen LogP contribution in [0.4, 0.5) is 5.69 Å². The maximum Gasteiger partial charge on any atom is 0.233 e. The van der Waals surface area contributed by atoms with E-state index in [-0.39, 0.29) is 11.2 Å².